The highest BCUT2D eigenvalue weighted by Crippen LogP contribution is 2.54. The summed E-state index contributed by atoms with van der Waals surface area (Å²) in [6.07, 6.45) is 0. The Bertz CT molecular complexity index is 2900. The first-order valence-electron chi connectivity index (χ1n) is 18.1. The Labute approximate surface area is 303 Å². The van der Waals surface area contributed by atoms with Crippen LogP contribution >= 0.6 is 0 Å². The zero-order valence-corrected chi connectivity index (χ0v) is 29.8. The molecule has 10 rings (SSSR count). The summed E-state index contributed by atoms with van der Waals surface area (Å²) in [4.78, 5) is 15.5. The van der Waals surface area contributed by atoms with E-state index in [1.165, 1.54) is 65.3 Å². The highest BCUT2D eigenvalue weighted by molar-refractivity contribution is 6.24. The van der Waals surface area contributed by atoms with E-state index in [-0.39, 0.29) is 10.8 Å². The van der Waals surface area contributed by atoms with Crippen LogP contribution in [0.4, 0.5) is 0 Å². The Kier molecular flexibility index (Phi) is 6.57. The van der Waals surface area contributed by atoms with Crippen molar-refractivity contribution in [3.63, 3.8) is 0 Å². The van der Waals surface area contributed by atoms with Crippen LogP contribution in [0.3, 0.4) is 0 Å². The maximum absolute atomic E-state index is 5.24. The van der Waals surface area contributed by atoms with Crippen molar-refractivity contribution in [2.45, 2.75) is 38.5 Å². The largest absolute Gasteiger partial charge is 0.208 e. The fourth-order valence-electron chi connectivity index (χ4n) is 8.50. The average Bonchev–Trinajstić information content (AvgIpc) is 3.19. The van der Waals surface area contributed by atoms with Crippen LogP contribution in [-0.4, -0.2) is 15.0 Å². The maximum Gasteiger partial charge on any atom is 0.164 e. The minimum Gasteiger partial charge on any atom is -0.208 e. The standard InChI is InChI=1S/C49H37N3/c1-48(2)42-17-11-10-16-38(42)39-26-24-35(29-43(39)49(48,3)4)47-51-45(33-13-6-5-7-14-33)50-46(52-47)34-21-19-31-18-20-32-23-25-37-36-15-9-8-12-30(36)22-27-40(37)44(32)41(31)28-34/h5-29H,1-4H3. The quantitative estimate of drug-likeness (QED) is 0.176. The number of hydrogen-bond acceptors (Lipinski definition) is 3. The predicted molar refractivity (Wildman–Crippen MR) is 218 cm³/mol. The van der Waals surface area contributed by atoms with Gasteiger partial charge in [0.25, 0.3) is 0 Å². The minimum atomic E-state index is -0.127. The van der Waals surface area contributed by atoms with Gasteiger partial charge in [0.2, 0.25) is 0 Å². The van der Waals surface area contributed by atoms with E-state index in [1.54, 1.807) is 0 Å². The van der Waals surface area contributed by atoms with E-state index >= 15 is 0 Å². The fourth-order valence-corrected chi connectivity index (χ4v) is 8.50. The van der Waals surface area contributed by atoms with E-state index < -0.39 is 0 Å². The summed E-state index contributed by atoms with van der Waals surface area (Å²) < 4.78 is 0. The van der Waals surface area contributed by atoms with Crippen LogP contribution in [0.2, 0.25) is 0 Å². The molecule has 9 aromatic rings. The molecule has 3 nitrogen and oxygen atoms in total. The van der Waals surface area contributed by atoms with Gasteiger partial charge in [-0.2, -0.15) is 0 Å². The zero-order valence-electron chi connectivity index (χ0n) is 29.8. The van der Waals surface area contributed by atoms with Crippen LogP contribution in [-0.2, 0) is 10.8 Å². The summed E-state index contributed by atoms with van der Waals surface area (Å²) >= 11 is 0. The third-order valence-electron chi connectivity index (χ3n) is 12.1. The molecule has 0 saturated heterocycles. The van der Waals surface area contributed by atoms with Crippen molar-refractivity contribution in [2.24, 2.45) is 0 Å². The zero-order chi connectivity index (χ0) is 35.2. The Morgan fingerprint density at radius 3 is 1.71 bits per heavy atom. The number of hydrogen-bond donors (Lipinski definition) is 0. The normalized spacial score (nSPS) is 14.5. The lowest BCUT2D eigenvalue weighted by atomic mass is 9.55. The second-order valence-electron chi connectivity index (χ2n) is 15.3. The SMILES string of the molecule is CC1(C)c2ccccc2-c2ccc(-c3nc(-c4ccccc4)nc(-c4ccc5ccc6ccc7c8ccccc8ccc7c6c5c4)n3)cc2C1(C)C. The molecule has 0 saturated carbocycles. The van der Waals surface area contributed by atoms with Gasteiger partial charge >= 0.3 is 0 Å². The number of nitrogens with zero attached hydrogens (tertiary/aromatic N) is 3. The highest BCUT2D eigenvalue weighted by Gasteiger charge is 2.45. The van der Waals surface area contributed by atoms with Gasteiger partial charge in [-0.25, -0.2) is 15.0 Å². The third-order valence-corrected chi connectivity index (χ3v) is 12.1. The van der Waals surface area contributed by atoms with Gasteiger partial charge in [0.1, 0.15) is 0 Å². The molecule has 52 heavy (non-hydrogen) atoms. The van der Waals surface area contributed by atoms with Crippen LogP contribution in [0.5, 0.6) is 0 Å². The molecule has 0 unspecified atom stereocenters. The summed E-state index contributed by atoms with van der Waals surface area (Å²) in [7, 11) is 0. The number of benzene rings is 8. The fraction of sp³-hybridized carbons (Fsp3) is 0.122. The van der Waals surface area contributed by atoms with Gasteiger partial charge in [0, 0.05) is 16.7 Å². The van der Waals surface area contributed by atoms with Gasteiger partial charge < -0.3 is 0 Å². The first kappa shape index (κ1) is 30.6. The van der Waals surface area contributed by atoms with Crippen LogP contribution in [0.15, 0.2) is 152 Å². The van der Waals surface area contributed by atoms with E-state index in [0.717, 1.165) is 16.7 Å². The molecular weight excluding hydrogens is 631 g/mol. The van der Waals surface area contributed by atoms with Gasteiger partial charge in [-0.3, -0.25) is 0 Å². The minimum absolute atomic E-state index is 0.0704. The van der Waals surface area contributed by atoms with E-state index in [0.29, 0.717) is 17.5 Å². The van der Waals surface area contributed by atoms with E-state index in [4.69, 9.17) is 15.0 Å². The van der Waals surface area contributed by atoms with Crippen LogP contribution in [0.1, 0.15) is 38.8 Å². The molecule has 0 bridgehead atoms. The summed E-state index contributed by atoms with van der Waals surface area (Å²) in [5, 5.41) is 9.88. The molecule has 8 aromatic carbocycles. The molecule has 1 aliphatic carbocycles. The van der Waals surface area contributed by atoms with Gasteiger partial charge in [-0.05, 0) is 88.3 Å². The van der Waals surface area contributed by atoms with Gasteiger partial charge in [0.05, 0.1) is 0 Å². The lowest BCUT2D eigenvalue weighted by Gasteiger charge is -2.48. The van der Waals surface area contributed by atoms with Crippen molar-refractivity contribution in [1.82, 2.24) is 15.0 Å². The molecule has 1 aromatic heterocycles. The number of aromatic nitrogens is 3. The molecule has 1 aliphatic rings. The summed E-state index contributed by atoms with van der Waals surface area (Å²) in [6.45, 7) is 9.47. The highest BCUT2D eigenvalue weighted by atomic mass is 15.0. The van der Waals surface area contributed by atoms with Crippen molar-refractivity contribution >= 4 is 43.1 Å². The third kappa shape index (κ3) is 4.48. The molecule has 248 valence electrons. The van der Waals surface area contributed by atoms with Crippen molar-refractivity contribution < 1.29 is 0 Å². The van der Waals surface area contributed by atoms with E-state index in [1.807, 2.05) is 18.2 Å². The summed E-state index contributed by atoms with van der Waals surface area (Å²) in [5.41, 5.74) is 8.01. The topological polar surface area (TPSA) is 38.7 Å². The molecule has 0 spiro atoms. The lowest BCUT2D eigenvalue weighted by Crippen LogP contribution is -2.43. The monoisotopic (exact) mass is 667 g/mol. The summed E-state index contributed by atoms with van der Waals surface area (Å²) in [5.74, 6) is 2.00. The smallest absolute Gasteiger partial charge is 0.164 e. The van der Waals surface area contributed by atoms with Crippen LogP contribution in [0.25, 0.3) is 88.4 Å². The van der Waals surface area contributed by atoms with E-state index in [9.17, 15) is 0 Å². The average molecular weight is 668 g/mol. The molecule has 0 fully saturated rings. The maximum atomic E-state index is 5.24. The van der Waals surface area contributed by atoms with E-state index in [2.05, 4.69) is 161 Å². The van der Waals surface area contributed by atoms with Crippen molar-refractivity contribution in [3.05, 3.63) is 163 Å². The molecule has 0 atom stereocenters. The van der Waals surface area contributed by atoms with Crippen LogP contribution in [0, 0.1) is 0 Å². The molecule has 0 aliphatic heterocycles. The molecule has 3 heteroatoms. The predicted octanol–water partition coefficient (Wildman–Crippen LogP) is 12.7. The van der Waals surface area contributed by atoms with Gasteiger partial charge in [-0.1, -0.05) is 167 Å². The second-order valence-corrected chi connectivity index (χ2v) is 15.3. The first-order valence-corrected chi connectivity index (χ1v) is 18.1. The van der Waals surface area contributed by atoms with Gasteiger partial charge in [-0.15, -0.1) is 0 Å². The summed E-state index contributed by atoms with van der Waals surface area (Å²) in [6, 6.07) is 54.6. The molecule has 0 N–H and O–H groups in total. The molecule has 0 radical (unpaired) electrons. The second kappa shape index (κ2) is 11.2. The van der Waals surface area contributed by atoms with Crippen LogP contribution < -0.4 is 0 Å². The molecule has 0 amide bonds. The lowest BCUT2D eigenvalue weighted by molar-refractivity contribution is 0.299. The first-order chi connectivity index (χ1) is 25.3. The Morgan fingerprint density at radius 2 is 0.885 bits per heavy atom. The van der Waals surface area contributed by atoms with Gasteiger partial charge in [0.15, 0.2) is 17.5 Å². The van der Waals surface area contributed by atoms with Crippen molar-refractivity contribution in [2.75, 3.05) is 0 Å². The Balaban J connectivity index is 1.19. The Hall–Kier alpha value is -6.19. The van der Waals surface area contributed by atoms with Crippen molar-refractivity contribution in [1.29, 1.82) is 0 Å². The number of fused-ring (bicyclic) bond motifs is 10. The molecular formula is C49H37N3. The number of rotatable bonds is 3. The molecule has 1 heterocycles. The van der Waals surface area contributed by atoms with Crippen molar-refractivity contribution in [3.8, 4) is 45.3 Å². The Morgan fingerprint density at radius 1 is 0.346 bits per heavy atom.